The molecule has 2 saturated heterocycles. The Labute approximate surface area is 207 Å². The van der Waals surface area contributed by atoms with Crippen LogP contribution in [-0.2, 0) is 20.9 Å². The average molecular weight is 475 g/mol. The molecule has 3 amide bonds. The Morgan fingerprint density at radius 3 is 2.31 bits per heavy atom. The van der Waals surface area contributed by atoms with Gasteiger partial charge in [0.15, 0.2) is 0 Å². The van der Waals surface area contributed by atoms with Crippen molar-refractivity contribution in [2.45, 2.75) is 32.2 Å². The summed E-state index contributed by atoms with van der Waals surface area (Å²) in [5.74, 6) is -0.393. The maximum atomic E-state index is 12.8. The highest BCUT2D eigenvalue weighted by molar-refractivity contribution is 5.94. The fraction of sp³-hybridized carbons (Fsp3) is 0.393. The first-order valence-corrected chi connectivity index (χ1v) is 12.4. The van der Waals surface area contributed by atoms with Crippen LogP contribution in [0.2, 0.25) is 0 Å². The van der Waals surface area contributed by atoms with Gasteiger partial charge in [-0.3, -0.25) is 19.3 Å². The molecule has 0 saturated carbocycles. The van der Waals surface area contributed by atoms with E-state index in [4.69, 9.17) is 5.73 Å². The smallest absolute Gasteiger partial charge is 0.246 e. The first-order chi connectivity index (χ1) is 17.0. The first kappa shape index (κ1) is 24.7. The molecule has 1 atom stereocenters. The highest BCUT2D eigenvalue weighted by Crippen LogP contribution is 2.22. The number of rotatable bonds is 7. The maximum absolute atomic E-state index is 12.8. The lowest BCUT2D eigenvalue weighted by Gasteiger charge is -2.31. The van der Waals surface area contributed by atoms with Crippen LogP contribution < -0.4 is 11.1 Å². The number of amides is 3. The van der Waals surface area contributed by atoms with Crippen molar-refractivity contribution in [2.24, 2.45) is 17.6 Å². The average Bonchev–Trinajstić information content (AvgIpc) is 2.89. The van der Waals surface area contributed by atoms with Gasteiger partial charge in [0.25, 0.3) is 0 Å². The minimum Gasteiger partial charge on any atom is -0.369 e. The van der Waals surface area contributed by atoms with E-state index in [0.29, 0.717) is 32.5 Å². The molecule has 35 heavy (non-hydrogen) atoms. The second-order valence-corrected chi connectivity index (χ2v) is 9.51. The Kier molecular flexibility index (Phi) is 8.32. The Morgan fingerprint density at radius 2 is 1.63 bits per heavy atom. The van der Waals surface area contributed by atoms with E-state index >= 15 is 0 Å². The number of piperidine rings is 2. The molecule has 3 N–H and O–H groups in total. The SMILES string of the molecule is NC(=O)C1CCCN(Cc2ccc(NC(=O)C3CCN(C(=O)/C=C/c4ccccc4)CC3)cc2)C1. The van der Waals surface area contributed by atoms with Crippen LogP contribution in [0.3, 0.4) is 0 Å². The van der Waals surface area contributed by atoms with Gasteiger partial charge in [-0.05, 0) is 61.6 Å². The summed E-state index contributed by atoms with van der Waals surface area (Å²) in [5, 5.41) is 3.02. The molecule has 0 aliphatic carbocycles. The van der Waals surface area contributed by atoms with E-state index in [9.17, 15) is 14.4 Å². The summed E-state index contributed by atoms with van der Waals surface area (Å²) in [7, 11) is 0. The predicted octanol–water partition coefficient (Wildman–Crippen LogP) is 3.27. The van der Waals surface area contributed by atoms with Crippen LogP contribution in [0.4, 0.5) is 5.69 Å². The van der Waals surface area contributed by atoms with Gasteiger partial charge in [0.1, 0.15) is 0 Å². The third-order valence-corrected chi connectivity index (χ3v) is 6.93. The Morgan fingerprint density at radius 1 is 0.914 bits per heavy atom. The van der Waals surface area contributed by atoms with E-state index in [2.05, 4.69) is 10.2 Å². The fourth-order valence-corrected chi connectivity index (χ4v) is 4.83. The van der Waals surface area contributed by atoms with Crippen molar-refractivity contribution < 1.29 is 14.4 Å². The predicted molar refractivity (Wildman–Crippen MR) is 137 cm³/mol. The molecule has 2 heterocycles. The lowest BCUT2D eigenvalue weighted by molar-refractivity contribution is -0.130. The van der Waals surface area contributed by atoms with E-state index in [1.54, 1.807) is 11.0 Å². The summed E-state index contributed by atoms with van der Waals surface area (Å²) in [6.07, 6.45) is 6.60. The van der Waals surface area contributed by atoms with Crippen LogP contribution in [0.25, 0.3) is 6.08 Å². The number of hydrogen-bond donors (Lipinski definition) is 2. The van der Waals surface area contributed by atoms with Gasteiger partial charge in [-0.15, -0.1) is 0 Å². The van der Waals surface area contributed by atoms with Crippen molar-refractivity contribution in [1.29, 1.82) is 0 Å². The summed E-state index contributed by atoms with van der Waals surface area (Å²) in [5.41, 5.74) is 8.39. The van der Waals surface area contributed by atoms with Crippen molar-refractivity contribution in [3.63, 3.8) is 0 Å². The number of likely N-dealkylation sites (tertiary alicyclic amines) is 2. The van der Waals surface area contributed by atoms with Crippen LogP contribution in [0.5, 0.6) is 0 Å². The molecule has 2 aromatic carbocycles. The summed E-state index contributed by atoms with van der Waals surface area (Å²) in [6.45, 7) is 3.60. The molecule has 0 spiro atoms. The molecule has 2 aliphatic rings. The number of carbonyl (C=O) groups is 3. The highest BCUT2D eigenvalue weighted by Gasteiger charge is 2.27. The number of nitrogens with zero attached hydrogens (tertiary/aromatic N) is 2. The second kappa shape index (κ2) is 11.8. The molecule has 2 aromatic rings. The molecule has 4 rings (SSSR count). The van der Waals surface area contributed by atoms with Crippen molar-refractivity contribution in [2.75, 3.05) is 31.5 Å². The molecule has 1 unspecified atom stereocenters. The zero-order chi connectivity index (χ0) is 24.6. The molecule has 0 aromatic heterocycles. The molecule has 2 aliphatic heterocycles. The van der Waals surface area contributed by atoms with Crippen molar-refractivity contribution >= 4 is 29.5 Å². The maximum Gasteiger partial charge on any atom is 0.246 e. The number of anilines is 1. The van der Waals surface area contributed by atoms with E-state index in [0.717, 1.165) is 42.7 Å². The van der Waals surface area contributed by atoms with Gasteiger partial charge in [0.2, 0.25) is 17.7 Å². The van der Waals surface area contributed by atoms with E-state index < -0.39 is 0 Å². The summed E-state index contributed by atoms with van der Waals surface area (Å²) >= 11 is 0. The Balaban J connectivity index is 1.22. The Bertz CT molecular complexity index is 1040. The van der Waals surface area contributed by atoms with Gasteiger partial charge < -0.3 is 16.0 Å². The second-order valence-electron chi connectivity index (χ2n) is 9.51. The largest absolute Gasteiger partial charge is 0.369 e. The Hall–Kier alpha value is -3.45. The van der Waals surface area contributed by atoms with Gasteiger partial charge in [0.05, 0.1) is 5.92 Å². The number of carbonyl (C=O) groups excluding carboxylic acids is 3. The number of nitrogens with two attached hydrogens (primary N) is 1. The molecule has 184 valence electrons. The van der Waals surface area contributed by atoms with Crippen LogP contribution in [-0.4, -0.2) is 53.7 Å². The van der Waals surface area contributed by atoms with Crippen LogP contribution in [0, 0.1) is 11.8 Å². The molecular weight excluding hydrogens is 440 g/mol. The quantitative estimate of drug-likeness (QED) is 0.602. The lowest BCUT2D eigenvalue weighted by atomic mass is 9.95. The van der Waals surface area contributed by atoms with Gasteiger partial charge in [-0.25, -0.2) is 0 Å². The third-order valence-electron chi connectivity index (χ3n) is 6.93. The first-order valence-electron chi connectivity index (χ1n) is 12.4. The minimum atomic E-state index is -0.216. The number of hydrogen-bond acceptors (Lipinski definition) is 4. The minimum absolute atomic E-state index is 0.00464. The zero-order valence-electron chi connectivity index (χ0n) is 20.1. The highest BCUT2D eigenvalue weighted by atomic mass is 16.2. The third kappa shape index (κ3) is 7.02. The molecule has 7 heteroatoms. The van der Waals surface area contributed by atoms with Crippen LogP contribution >= 0.6 is 0 Å². The molecule has 0 bridgehead atoms. The van der Waals surface area contributed by atoms with Crippen molar-refractivity contribution in [3.8, 4) is 0 Å². The molecule has 0 radical (unpaired) electrons. The van der Waals surface area contributed by atoms with Gasteiger partial charge in [-0.2, -0.15) is 0 Å². The molecule has 2 fully saturated rings. The van der Waals surface area contributed by atoms with Crippen LogP contribution in [0.1, 0.15) is 36.8 Å². The monoisotopic (exact) mass is 474 g/mol. The van der Waals surface area contributed by atoms with E-state index in [-0.39, 0.29) is 29.6 Å². The van der Waals surface area contributed by atoms with Crippen molar-refractivity contribution in [1.82, 2.24) is 9.80 Å². The summed E-state index contributed by atoms with van der Waals surface area (Å²) in [4.78, 5) is 40.8. The lowest BCUT2D eigenvalue weighted by Crippen LogP contribution is -2.40. The van der Waals surface area contributed by atoms with Gasteiger partial charge in [0, 0.05) is 43.9 Å². The van der Waals surface area contributed by atoms with E-state index in [1.807, 2.05) is 60.7 Å². The number of benzene rings is 2. The van der Waals surface area contributed by atoms with Crippen molar-refractivity contribution in [3.05, 3.63) is 71.8 Å². The normalized spacial score (nSPS) is 19.5. The number of nitrogens with one attached hydrogen (secondary N) is 1. The molecular formula is C28H34N4O3. The standard InChI is InChI=1S/C28H34N4O3/c29-27(34)24-7-4-16-31(20-24)19-22-8-11-25(12-9-22)30-28(35)23-14-17-32(18-15-23)26(33)13-10-21-5-2-1-3-6-21/h1-3,5-6,8-13,23-24H,4,7,14-20H2,(H2,29,34)(H,30,35)/b13-10+. The van der Waals surface area contributed by atoms with E-state index in [1.165, 1.54) is 0 Å². The van der Waals surface area contributed by atoms with Gasteiger partial charge >= 0.3 is 0 Å². The fourth-order valence-electron chi connectivity index (χ4n) is 4.83. The zero-order valence-corrected chi connectivity index (χ0v) is 20.1. The van der Waals surface area contributed by atoms with Crippen LogP contribution in [0.15, 0.2) is 60.7 Å². The topological polar surface area (TPSA) is 95.7 Å². The molecule has 7 nitrogen and oxygen atoms in total. The summed E-state index contributed by atoms with van der Waals surface area (Å²) < 4.78 is 0. The number of primary amides is 1. The van der Waals surface area contributed by atoms with Gasteiger partial charge in [-0.1, -0.05) is 42.5 Å². The summed E-state index contributed by atoms with van der Waals surface area (Å²) in [6, 6.07) is 17.6.